The lowest BCUT2D eigenvalue weighted by molar-refractivity contribution is -0.134. The summed E-state index contributed by atoms with van der Waals surface area (Å²) in [5.41, 5.74) is 0. The fraction of sp³-hybridized carbons (Fsp3) is 0.833. The fourth-order valence-electron chi connectivity index (χ4n) is 3.13. The number of amidine groups is 1. The summed E-state index contributed by atoms with van der Waals surface area (Å²) in [6.07, 6.45) is 8.05. The van der Waals surface area contributed by atoms with E-state index in [4.69, 9.17) is 4.99 Å². The van der Waals surface area contributed by atoms with Gasteiger partial charge in [0.25, 0.3) is 0 Å². The Morgan fingerprint density at radius 2 is 2.00 bits per heavy atom. The first-order valence-electron chi connectivity index (χ1n) is 6.24. The van der Waals surface area contributed by atoms with Gasteiger partial charge in [0.05, 0.1) is 12.0 Å². The van der Waals surface area contributed by atoms with Crippen molar-refractivity contribution < 1.29 is 4.79 Å². The maximum atomic E-state index is 12.2. The van der Waals surface area contributed by atoms with Crippen LogP contribution in [0.25, 0.3) is 0 Å². The smallest absolute Gasteiger partial charge is 0.233 e. The molecule has 2 fully saturated rings. The molecular formula is C12H18N2O. The molecule has 0 aromatic carbocycles. The van der Waals surface area contributed by atoms with Crippen molar-refractivity contribution >= 4 is 11.7 Å². The third kappa shape index (κ3) is 1.48. The van der Waals surface area contributed by atoms with Gasteiger partial charge in [-0.3, -0.25) is 9.79 Å². The third-order valence-electron chi connectivity index (χ3n) is 3.97. The predicted octanol–water partition coefficient (Wildman–Crippen LogP) is 1.97. The van der Waals surface area contributed by atoms with E-state index in [1.54, 1.807) is 0 Å². The van der Waals surface area contributed by atoms with E-state index in [1.165, 1.54) is 19.3 Å². The number of nitrogens with zero attached hydrogens (tertiary/aromatic N) is 2. The number of hydrogen-bond donors (Lipinski definition) is 0. The molecule has 3 rings (SSSR count). The Morgan fingerprint density at radius 3 is 2.93 bits per heavy atom. The summed E-state index contributed by atoms with van der Waals surface area (Å²) < 4.78 is 0. The number of aliphatic imine (C=N–C) groups is 1. The van der Waals surface area contributed by atoms with Crippen molar-refractivity contribution in [3.8, 4) is 0 Å². The first-order valence-corrected chi connectivity index (χ1v) is 6.24. The first-order chi connectivity index (χ1) is 7.36. The minimum Gasteiger partial charge on any atom is -0.300 e. The standard InChI is InChI=1S/C12H18N2O/c15-12-9-5-1-2-6-10(9)13-11-7-3-4-8-14(11)12/h9-10H,1-8H2/t9-,10+/m0/s1. The van der Waals surface area contributed by atoms with Crippen molar-refractivity contribution in [1.82, 2.24) is 4.90 Å². The van der Waals surface area contributed by atoms with Crippen molar-refractivity contribution in [2.75, 3.05) is 6.54 Å². The number of piperidine rings is 1. The summed E-state index contributed by atoms with van der Waals surface area (Å²) in [6.45, 7) is 0.918. The fourth-order valence-corrected chi connectivity index (χ4v) is 3.13. The van der Waals surface area contributed by atoms with E-state index in [1.807, 2.05) is 4.90 Å². The zero-order chi connectivity index (χ0) is 10.3. The second kappa shape index (κ2) is 3.62. The van der Waals surface area contributed by atoms with E-state index in [-0.39, 0.29) is 5.92 Å². The largest absolute Gasteiger partial charge is 0.300 e. The van der Waals surface area contributed by atoms with E-state index < -0.39 is 0 Å². The molecule has 0 radical (unpaired) electrons. The highest BCUT2D eigenvalue weighted by Gasteiger charge is 2.39. The molecule has 3 aliphatic rings. The lowest BCUT2D eigenvalue weighted by Gasteiger charge is -2.40. The molecule has 0 unspecified atom stereocenters. The molecule has 0 N–H and O–H groups in total. The molecule has 2 atom stereocenters. The molecule has 0 aromatic rings. The van der Waals surface area contributed by atoms with Crippen LogP contribution in [0.3, 0.4) is 0 Å². The van der Waals surface area contributed by atoms with E-state index in [2.05, 4.69) is 0 Å². The predicted molar refractivity (Wildman–Crippen MR) is 58.7 cm³/mol. The molecule has 1 saturated heterocycles. The summed E-state index contributed by atoms with van der Waals surface area (Å²) in [4.78, 5) is 19.0. The van der Waals surface area contributed by atoms with Crippen LogP contribution >= 0.6 is 0 Å². The van der Waals surface area contributed by atoms with Crippen LogP contribution in [0.1, 0.15) is 44.9 Å². The van der Waals surface area contributed by atoms with E-state index in [0.29, 0.717) is 11.9 Å². The number of hydrogen-bond acceptors (Lipinski definition) is 2. The second-order valence-corrected chi connectivity index (χ2v) is 4.95. The molecular weight excluding hydrogens is 188 g/mol. The van der Waals surface area contributed by atoms with Gasteiger partial charge in [-0.2, -0.15) is 0 Å². The maximum absolute atomic E-state index is 12.2. The van der Waals surface area contributed by atoms with E-state index in [9.17, 15) is 4.79 Å². The van der Waals surface area contributed by atoms with Gasteiger partial charge in [-0.05, 0) is 25.7 Å². The monoisotopic (exact) mass is 206 g/mol. The Labute approximate surface area is 90.6 Å². The molecule has 1 aliphatic carbocycles. The topological polar surface area (TPSA) is 32.7 Å². The summed E-state index contributed by atoms with van der Waals surface area (Å²) >= 11 is 0. The zero-order valence-electron chi connectivity index (χ0n) is 9.11. The van der Waals surface area contributed by atoms with Crippen LogP contribution in [0.5, 0.6) is 0 Å². The molecule has 0 spiro atoms. The highest BCUT2D eigenvalue weighted by atomic mass is 16.2. The van der Waals surface area contributed by atoms with E-state index >= 15 is 0 Å². The number of rotatable bonds is 0. The van der Waals surface area contributed by atoms with Gasteiger partial charge in [0.2, 0.25) is 5.91 Å². The van der Waals surface area contributed by atoms with Gasteiger partial charge >= 0.3 is 0 Å². The molecule has 2 aliphatic heterocycles. The molecule has 0 aromatic heterocycles. The Balaban J connectivity index is 1.90. The summed E-state index contributed by atoms with van der Waals surface area (Å²) in [5.74, 6) is 1.69. The molecule has 15 heavy (non-hydrogen) atoms. The van der Waals surface area contributed by atoms with Crippen LogP contribution in [0.4, 0.5) is 0 Å². The van der Waals surface area contributed by atoms with Gasteiger partial charge in [-0.15, -0.1) is 0 Å². The molecule has 1 saturated carbocycles. The van der Waals surface area contributed by atoms with E-state index in [0.717, 1.165) is 38.1 Å². The van der Waals surface area contributed by atoms with Crippen molar-refractivity contribution in [1.29, 1.82) is 0 Å². The van der Waals surface area contributed by atoms with Crippen LogP contribution < -0.4 is 0 Å². The maximum Gasteiger partial charge on any atom is 0.233 e. The molecule has 1 amide bonds. The number of carbonyl (C=O) groups is 1. The normalized spacial score (nSPS) is 35.6. The minimum atomic E-state index is 0.223. The Bertz CT molecular complexity index is 311. The SMILES string of the molecule is O=C1[C@H]2CCCC[C@H]2N=C2CCCCN12. The van der Waals surface area contributed by atoms with Crippen LogP contribution in [0.15, 0.2) is 4.99 Å². The van der Waals surface area contributed by atoms with Crippen molar-refractivity contribution in [3.05, 3.63) is 0 Å². The van der Waals surface area contributed by atoms with Gasteiger partial charge < -0.3 is 4.90 Å². The van der Waals surface area contributed by atoms with Crippen molar-refractivity contribution in [2.24, 2.45) is 10.9 Å². The Hall–Kier alpha value is -0.860. The zero-order valence-corrected chi connectivity index (χ0v) is 9.11. The summed E-state index contributed by atoms with van der Waals surface area (Å²) in [7, 11) is 0. The number of fused-ring (bicyclic) bond motifs is 2. The van der Waals surface area contributed by atoms with Gasteiger partial charge in [0, 0.05) is 13.0 Å². The summed E-state index contributed by atoms with van der Waals surface area (Å²) in [5, 5.41) is 0. The van der Waals surface area contributed by atoms with Gasteiger partial charge in [0.1, 0.15) is 5.84 Å². The van der Waals surface area contributed by atoms with Gasteiger partial charge in [-0.25, -0.2) is 0 Å². The molecule has 2 heterocycles. The lowest BCUT2D eigenvalue weighted by atomic mass is 9.82. The third-order valence-corrected chi connectivity index (χ3v) is 3.97. The first kappa shape index (κ1) is 9.37. The number of amides is 1. The quantitative estimate of drug-likeness (QED) is 0.596. The number of carbonyl (C=O) groups excluding carboxylic acids is 1. The van der Waals surface area contributed by atoms with Crippen LogP contribution in [-0.2, 0) is 4.79 Å². The van der Waals surface area contributed by atoms with Gasteiger partial charge in [0.15, 0.2) is 0 Å². The van der Waals surface area contributed by atoms with Crippen LogP contribution in [-0.4, -0.2) is 29.2 Å². The Kier molecular flexibility index (Phi) is 2.26. The van der Waals surface area contributed by atoms with Crippen molar-refractivity contribution in [3.63, 3.8) is 0 Å². The average Bonchev–Trinajstić information content (AvgIpc) is 2.30. The van der Waals surface area contributed by atoms with Gasteiger partial charge in [-0.1, -0.05) is 12.8 Å². The Morgan fingerprint density at radius 1 is 1.13 bits per heavy atom. The van der Waals surface area contributed by atoms with Crippen molar-refractivity contribution in [2.45, 2.75) is 51.0 Å². The summed E-state index contributed by atoms with van der Waals surface area (Å²) in [6, 6.07) is 0.329. The minimum absolute atomic E-state index is 0.223. The lowest BCUT2D eigenvalue weighted by Crippen LogP contribution is -2.51. The van der Waals surface area contributed by atoms with Crippen LogP contribution in [0.2, 0.25) is 0 Å². The highest BCUT2D eigenvalue weighted by molar-refractivity contribution is 6.01. The second-order valence-electron chi connectivity index (χ2n) is 4.95. The molecule has 3 nitrogen and oxygen atoms in total. The van der Waals surface area contributed by atoms with Crippen LogP contribution in [0, 0.1) is 5.92 Å². The highest BCUT2D eigenvalue weighted by Crippen LogP contribution is 2.33. The average molecular weight is 206 g/mol. The molecule has 3 heteroatoms. The molecule has 82 valence electrons. The molecule has 0 bridgehead atoms.